The summed E-state index contributed by atoms with van der Waals surface area (Å²) in [5, 5.41) is 0. The molecule has 0 aliphatic heterocycles. The molecule has 0 heterocycles. The Labute approximate surface area is 104 Å². The van der Waals surface area contributed by atoms with E-state index in [1.165, 1.54) is 22.3 Å². The van der Waals surface area contributed by atoms with Crippen molar-refractivity contribution in [2.45, 2.75) is 33.1 Å². The lowest BCUT2D eigenvalue weighted by Gasteiger charge is -2.06. The van der Waals surface area contributed by atoms with E-state index in [2.05, 4.69) is 62.4 Å². The molecule has 0 nitrogen and oxygen atoms in total. The Morgan fingerprint density at radius 3 is 1.47 bits per heavy atom. The molecule has 0 amide bonds. The Hall–Kier alpha value is -1.56. The van der Waals surface area contributed by atoms with Crippen LogP contribution >= 0.6 is 0 Å². The highest BCUT2D eigenvalue weighted by Gasteiger charge is 1.98. The van der Waals surface area contributed by atoms with Crippen LogP contribution in [0.4, 0.5) is 0 Å². The monoisotopic (exact) mass is 224 g/mol. The van der Waals surface area contributed by atoms with E-state index in [-0.39, 0.29) is 0 Å². The van der Waals surface area contributed by atoms with E-state index >= 15 is 0 Å². The van der Waals surface area contributed by atoms with E-state index in [9.17, 15) is 0 Å². The molecule has 0 aliphatic carbocycles. The smallest absolute Gasteiger partial charge is 0.00256 e. The van der Waals surface area contributed by atoms with Gasteiger partial charge in [0, 0.05) is 0 Å². The van der Waals surface area contributed by atoms with Gasteiger partial charge in [0.25, 0.3) is 0 Å². The van der Waals surface area contributed by atoms with Gasteiger partial charge in [-0.15, -0.1) is 0 Å². The van der Waals surface area contributed by atoms with Crippen LogP contribution in [-0.4, -0.2) is 0 Å². The topological polar surface area (TPSA) is 0 Å². The molecule has 88 valence electrons. The predicted octanol–water partition coefficient (Wildman–Crippen LogP) is 4.40. The summed E-state index contributed by atoms with van der Waals surface area (Å²) >= 11 is 0. The summed E-state index contributed by atoms with van der Waals surface area (Å²) < 4.78 is 0. The van der Waals surface area contributed by atoms with E-state index < -0.39 is 0 Å². The summed E-state index contributed by atoms with van der Waals surface area (Å²) in [6.45, 7) is 4.41. The first-order chi connectivity index (χ1) is 8.31. The largest absolute Gasteiger partial charge is 0.0617 e. The minimum absolute atomic E-state index is 1.04. The molecule has 0 unspecified atom stereocenters. The molecule has 0 fully saturated rings. The van der Waals surface area contributed by atoms with Crippen molar-refractivity contribution in [1.29, 1.82) is 0 Å². The third kappa shape index (κ3) is 3.20. The summed E-state index contributed by atoms with van der Waals surface area (Å²) in [5.41, 5.74) is 5.68. The first kappa shape index (κ1) is 11.9. The van der Waals surface area contributed by atoms with E-state index in [0.29, 0.717) is 0 Å². The fourth-order valence-corrected chi connectivity index (χ4v) is 2.15. The molecule has 0 aromatic heterocycles. The second-order valence-electron chi connectivity index (χ2n) is 4.52. The van der Waals surface area contributed by atoms with Crippen molar-refractivity contribution in [1.82, 2.24) is 0 Å². The van der Waals surface area contributed by atoms with Gasteiger partial charge in [-0.25, -0.2) is 0 Å². The van der Waals surface area contributed by atoms with Gasteiger partial charge in [-0.3, -0.25) is 0 Å². The molecule has 17 heavy (non-hydrogen) atoms. The van der Waals surface area contributed by atoms with Crippen LogP contribution in [0.1, 0.15) is 36.1 Å². The van der Waals surface area contributed by atoms with Crippen LogP contribution in [-0.2, 0) is 19.3 Å². The normalized spacial score (nSPS) is 10.5. The van der Waals surface area contributed by atoms with Gasteiger partial charge in [0.05, 0.1) is 0 Å². The van der Waals surface area contributed by atoms with E-state index in [1.807, 2.05) is 0 Å². The zero-order valence-corrected chi connectivity index (χ0v) is 10.7. The van der Waals surface area contributed by atoms with Gasteiger partial charge in [0.1, 0.15) is 0 Å². The number of hydrogen-bond acceptors (Lipinski definition) is 0. The quantitative estimate of drug-likeness (QED) is 0.722. The second-order valence-corrected chi connectivity index (χ2v) is 4.52. The predicted molar refractivity (Wildman–Crippen MR) is 74.4 cm³/mol. The van der Waals surface area contributed by atoms with Gasteiger partial charge >= 0.3 is 0 Å². The zero-order valence-electron chi connectivity index (χ0n) is 10.7. The molecule has 2 aromatic rings. The zero-order chi connectivity index (χ0) is 12.1. The van der Waals surface area contributed by atoms with Gasteiger partial charge < -0.3 is 0 Å². The van der Waals surface area contributed by atoms with Crippen LogP contribution in [0.25, 0.3) is 0 Å². The van der Waals surface area contributed by atoms with Crippen LogP contribution in [0.2, 0.25) is 0 Å². The molecule has 0 atom stereocenters. The van der Waals surface area contributed by atoms with Crippen molar-refractivity contribution >= 4 is 0 Å². The lowest BCUT2D eigenvalue weighted by Crippen LogP contribution is -1.91. The minimum atomic E-state index is 1.04. The van der Waals surface area contributed by atoms with Crippen molar-refractivity contribution in [2.75, 3.05) is 0 Å². The van der Waals surface area contributed by atoms with Gasteiger partial charge in [0.2, 0.25) is 0 Å². The van der Waals surface area contributed by atoms with Gasteiger partial charge in [-0.1, -0.05) is 62.4 Å². The highest BCUT2D eigenvalue weighted by Crippen LogP contribution is 2.13. The summed E-state index contributed by atoms with van der Waals surface area (Å²) in [7, 11) is 0. The maximum Gasteiger partial charge on any atom is -0.00256 e. The Bertz CT molecular complexity index is 437. The number of rotatable bonds is 4. The number of benzene rings is 2. The first-order valence-corrected chi connectivity index (χ1v) is 6.47. The molecule has 0 spiro atoms. The molecule has 0 saturated heterocycles. The maximum absolute atomic E-state index is 2.32. The van der Waals surface area contributed by atoms with Crippen molar-refractivity contribution < 1.29 is 0 Å². The molecule has 0 saturated carbocycles. The highest BCUT2D eigenvalue weighted by atomic mass is 14.0. The Balaban J connectivity index is 2.18. The van der Waals surface area contributed by atoms with Crippen LogP contribution in [0, 0.1) is 0 Å². The van der Waals surface area contributed by atoms with E-state index in [4.69, 9.17) is 0 Å². The standard InChI is InChI=1S/C17H20/c1-3-14-7-5-9-16(11-14)13-17-10-6-8-15(4-2)12-17/h5-12H,3-4,13H2,1-2H3. The minimum Gasteiger partial charge on any atom is -0.0617 e. The molecule has 0 heteroatoms. The van der Waals surface area contributed by atoms with Crippen LogP contribution in [0.5, 0.6) is 0 Å². The SMILES string of the molecule is CCc1cccc(Cc2cccc(CC)c2)c1. The molecule has 2 aromatic carbocycles. The van der Waals surface area contributed by atoms with Crippen LogP contribution in [0.15, 0.2) is 48.5 Å². The molecular weight excluding hydrogens is 204 g/mol. The van der Waals surface area contributed by atoms with Crippen LogP contribution < -0.4 is 0 Å². The fraction of sp³-hybridized carbons (Fsp3) is 0.294. The average Bonchev–Trinajstić information content (AvgIpc) is 2.39. The van der Waals surface area contributed by atoms with Gasteiger partial charge in [-0.05, 0) is 41.5 Å². The molecule has 2 rings (SSSR count). The molecule has 0 aliphatic rings. The lowest BCUT2D eigenvalue weighted by molar-refractivity contribution is 1.09. The van der Waals surface area contributed by atoms with E-state index in [1.54, 1.807) is 0 Å². The third-order valence-corrected chi connectivity index (χ3v) is 3.21. The molecule has 0 N–H and O–H groups in total. The van der Waals surface area contributed by atoms with Crippen molar-refractivity contribution in [2.24, 2.45) is 0 Å². The Kier molecular flexibility index (Phi) is 3.98. The number of aryl methyl sites for hydroxylation is 2. The van der Waals surface area contributed by atoms with E-state index in [0.717, 1.165) is 19.3 Å². The fourth-order valence-electron chi connectivity index (χ4n) is 2.15. The second kappa shape index (κ2) is 5.67. The van der Waals surface area contributed by atoms with Crippen molar-refractivity contribution in [3.63, 3.8) is 0 Å². The summed E-state index contributed by atoms with van der Waals surface area (Å²) in [5.74, 6) is 0. The summed E-state index contributed by atoms with van der Waals surface area (Å²) in [6, 6.07) is 17.8. The maximum atomic E-state index is 2.32. The molecule has 0 radical (unpaired) electrons. The van der Waals surface area contributed by atoms with Crippen LogP contribution in [0.3, 0.4) is 0 Å². The third-order valence-electron chi connectivity index (χ3n) is 3.21. The Morgan fingerprint density at radius 1 is 0.647 bits per heavy atom. The highest BCUT2D eigenvalue weighted by molar-refractivity contribution is 5.31. The lowest BCUT2D eigenvalue weighted by atomic mass is 10.00. The summed E-state index contributed by atoms with van der Waals surface area (Å²) in [6.07, 6.45) is 3.27. The van der Waals surface area contributed by atoms with Crippen molar-refractivity contribution in [3.05, 3.63) is 70.8 Å². The van der Waals surface area contributed by atoms with Gasteiger partial charge in [-0.2, -0.15) is 0 Å². The molecular formula is C17H20. The first-order valence-electron chi connectivity index (χ1n) is 6.47. The van der Waals surface area contributed by atoms with Crippen molar-refractivity contribution in [3.8, 4) is 0 Å². The average molecular weight is 224 g/mol. The van der Waals surface area contributed by atoms with Gasteiger partial charge in [0.15, 0.2) is 0 Å². The Morgan fingerprint density at radius 2 is 1.06 bits per heavy atom. The number of hydrogen-bond donors (Lipinski definition) is 0. The molecule has 0 bridgehead atoms. The summed E-state index contributed by atoms with van der Waals surface area (Å²) in [4.78, 5) is 0.